The molecule has 1 aliphatic rings. The number of nitriles is 1. The third-order valence-corrected chi connectivity index (χ3v) is 4.76. The summed E-state index contributed by atoms with van der Waals surface area (Å²) < 4.78 is 1.96. The minimum absolute atomic E-state index is 0.210. The number of fused-ring (bicyclic) bond motifs is 1. The van der Waals surface area contributed by atoms with Gasteiger partial charge in [0.25, 0.3) is 0 Å². The molecule has 0 amide bonds. The molecular formula is C18H18N6O. The molecule has 7 heteroatoms. The van der Waals surface area contributed by atoms with Gasteiger partial charge in [-0.3, -0.25) is 0 Å². The van der Waals surface area contributed by atoms with E-state index in [-0.39, 0.29) is 11.7 Å². The number of piperidine rings is 1. The molecule has 3 aromatic rings. The highest BCUT2D eigenvalue weighted by Gasteiger charge is 2.26. The Bertz CT molecular complexity index is 956. The molecule has 126 valence electrons. The molecule has 1 aliphatic heterocycles. The van der Waals surface area contributed by atoms with Gasteiger partial charge in [-0.1, -0.05) is 0 Å². The normalized spacial score (nSPS) is 17.6. The van der Waals surface area contributed by atoms with Gasteiger partial charge in [-0.05, 0) is 37.1 Å². The van der Waals surface area contributed by atoms with Gasteiger partial charge < -0.3 is 20.3 Å². The Balaban J connectivity index is 1.87. The van der Waals surface area contributed by atoms with Gasteiger partial charge in [0.15, 0.2) is 12.0 Å². The molecule has 25 heavy (non-hydrogen) atoms. The largest absolute Gasteiger partial charge is 0.508 e. The van der Waals surface area contributed by atoms with Crippen LogP contribution in [0.2, 0.25) is 0 Å². The SMILES string of the molecule is N#CN1CCCC(c2cn(-c3ccc(O)cc3)c3c(N)ncnc23)C1. The van der Waals surface area contributed by atoms with E-state index in [1.807, 2.05) is 22.9 Å². The Morgan fingerprint density at radius 1 is 1.24 bits per heavy atom. The molecule has 0 aliphatic carbocycles. The zero-order valence-electron chi connectivity index (χ0n) is 13.6. The maximum atomic E-state index is 9.54. The molecule has 0 radical (unpaired) electrons. The molecule has 3 heterocycles. The second-order valence-corrected chi connectivity index (χ2v) is 6.31. The van der Waals surface area contributed by atoms with Crippen LogP contribution in [0.15, 0.2) is 36.8 Å². The molecule has 1 saturated heterocycles. The minimum Gasteiger partial charge on any atom is -0.508 e. The molecule has 0 saturated carbocycles. The number of nitrogens with two attached hydrogens (primary N) is 1. The van der Waals surface area contributed by atoms with Crippen LogP contribution >= 0.6 is 0 Å². The molecular weight excluding hydrogens is 316 g/mol. The van der Waals surface area contributed by atoms with E-state index in [4.69, 9.17) is 5.73 Å². The smallest absolute Gasteiger partial charge is 0.179 e. The third-order valence-electron chi connectivity index (χ3n) is 4.76. The van der Waals surface area contributed by atoms with Crippen molar-refractivity contribution >= 4 is 16.9 Å². The quantitative estimate of drug-likeness (QED) is 0.697. The van der Waals surface area contributed by atoms with Crippen molar-refractivity contribution in [1.82, 2.24) is 19.4 Å². The number of anilines is 1. The van der Waals surface area contributed by atoms with Crippen molar-refractivity contribution in [3.8, 4) is 17.6 Å². The lowest BCUT2D eigenvalue weighted by Crippen LogP contribution is -2.30. The van der Waals surface area contributed by atoms with Crippen LogP contribution in [0.3, 0.4) is 0 Å². The van der Waals surface area contributed by atoms with E-state index in [9.17, 15) is 10.4 Å². The molecule has 0 spiro atoms. The predicted molar refractivity (Wildman–Crippen MR) is 94.1 cm³/mol. The van der Waals surface area contributed by atoms with Crippen LogP contribution in [0.25, 0.3) is 16.7 Å². The number of rotatable bonds is 2. The van der Waals surface area contributed by atoms with E-state index < -0.39 is 0 Å². The molecule has 3 N–H and O–H groups in total. The Labute approximate surface area is 144 Å². The summed E-state index contributed by atoms with van der Waals surface area (Å²) in [6, 6.07) is 6.93. The summed E-state index contributed by atoms with van der Waals surface area (Å²) in [6.07, 6.45) is 7.75. The van der Waals surface area contributed by atoms with Gasteiger partial charge >= 0.3 is 0 Å². The first-order valence-corrected chi connectivity index (χ1v) is 8.23. The van der Waals surface area contributed by atoms with Gasteiger partial charge in [-0.25, -0.2) is 9.97 Å². The number of phenols is 1. The standard InChI is InChI=1S/C18H18N6O/c19-10-23-7-1-2-12(8-23)15-9-24(13-3-5-14(25)6-4-13)17-16(15)21-11-22-18(17)20/h3-6,9,11-12,25H,1-2,7-8H2,(H2,20,21,22). The van der Waals surface area contributed by atoms with Gasteiger partial charge in [0.05, 0.1) is 5.52 Å². The fourth-order valence-corrected chi connectivity index (χ4v) is 3.54. The molecule has 1 unspecified atom stereocenters. The Hall–Kier alpha value is -3.27. The summed E-state index contributed by atoms with van der Waals surface area (Å²) in [4.78, 5) is 10.4. The van der Waals surface area contributed by atoms with Gasteiger partial charge in [-0.15, -0.1) is 0 Å². The van der Waals surface area contributed by atoms with Crippen LogP contribution < -0.4 is 5.73 Å². The lowest BCUT2D eigenvalue weighted by atomic mass is 9.92. The highest BCUT2D eigenvalue weighted by atomic mass is 16.3. The Morgan fingerprint density at radius 2 is 2.04 bits per heavy atom. The zero-order valence-corrected chi connectivity index (χ0v) is 13.6. The van der Waals surface area contributed by atoms with Crippen LogP contribution in [0, 0.1) is 11.5 Å². The van der Waals surface area contributed by atoms with Crippen molar-refractivity contribution < 1.29 is 5.11 Å². The average Bonchev–Trinajstić information content (AvgIpc) is 3.03. The van der Waals surface area contributed by atoms with E-state index in [1.165, 1.54) is 6.33 Å². The molecule has 2 aromatic heterocycles. The summed E-state index contributed by atoms with van der Waals surface area (Å²) in [5.74, 6) is 0.849. The fourth-order valence-electron chi connectivity index (χ4n) is 3.54. The number of hydrogen-bond donors (Lipinski definition) is 2. The van der Waals surface area contributed by atoms with Crippen molar-refractivity contribution in [2.75, 3.05) is 18.8 Å². The van der Waals surface area contributed by atoms with Crippen LogP contribution in [0.1, 0.15) is 24.3 Å². The molecule has 1 aromatic carbocycles. The van der Waals surface area contributed by atoms with Crippen molar-refractivity contribution in [3.05, 3.63) is 42.4 Å². The summed E-state index contributed by atoms with van der Waals surface area (Å²) in [5.41, 5.74) is 9.68. The van der Waals surface area contributed by atoms with E-state index in [1.54, 1.807) is 17.0 Å². The third kappa shape index (κ3) is 2.62. The van der Waals surface area contributed by atoms with Crippen LogP contribution in [0.5, 0.6) is 5.75 Å². The van der Waals surface area contributed by atoms with E-state index in [0.29, 0.717) is 12.4 Å². The number of likely N-dealkylation sites (tertiary alicyclic amines) is 1. The predicted octanol–water partition coefficient (Wildman–Crippen LogP) is 2.37. The van der Waals surface area contributed by atoms with Crippen LogP contribution in [-0.2, 0) is 0 Å². The Morgan fingerprint density at radius 3 is 2.80 bits per heavy atom. The number of hydrogen-bond acceptors (Lipinski definition) is 6. The van der Waals surface area contributed by atoms with Gasteiger partial charge in [-0.2, -0.15) is 5.26 Å². The number of benzene rings is 1. The van der Waals surface area contributed by atoms with Crippen molar-refractivity contribution in [2.45, 2.75) is 18.8 Å². The van der Waals surface area contributed by atoms with Gasteiger partial charge in [0.1, 0.15) is 17.6 Å². The summed E-state index contributed by atoms with van der Waals surface area (Å²) in [7, 11) is 0. The van der Waals surface area contributed by atoms with E-state index >= 15 is 0 Å². The van der Waals surface area contributed by atoms with Crippen LogP contribution in [-0.4, -0.2) is 37.6 Å². The maximum Gasteiger partial charge on any atom is 0.179 e. The summed E-state index contributed by atoms with van der Waals surface area (Å²) >= 11 is 0. The van der Waals surface area contributed by atoms with Crippen molar-refractivity contribution in [1.29, 1.82) is 5.26 Å². The van der Waals surface area contributed by atoms with Crippen molar-refractivity contribution in [3.63, 3.8) is 0 Å². The Kier molecular flexibility index (Phi) is 3.65. The van der Waals surface area contributed by atoms with Gasteiger partial charge in [0.2, 0.25) is 0 Å². The zero-order chi connectivity index (χ0) is 17.4. The average molecular weight is 334 g/mol. The first-order valence-electron chi connectivity index (χ1n) is 8.23. The number of nitrogens with zero attached hydrogens (tertiary/aromatic N) is 5. The number of nitrogen functional groups attached to an aromatic ring is 1. The summed E-state index contributed by atoms with van der Waals surface area (Å²) in [5, 5.41) is 18.8. The lowest BCUT2D eigenvalue weighted by molar-refractivity contribution is 0.292. The second kappa shape index (κ2) is 5.98. The first-order chi connectivity index (χ1) is 12.2. The lowest BCUT2D eigenvalue weighted by Gasteiger charge is -2.28. The monoisotopic (exact) mass is 334 g/mol. The number of aromatic nitrogens is 3. The minimum atomic E-state index is 0.210. The molecule has 7 nitrogen and oxygen atoms in total. The van der Waals surface area contributed by atoms with Gasteiger partial charge in [0, 0.05) is 36.5 Å². The number of aromatic hydroxyl groups is 1. The topological polar surface area (TPSA) is 104 Å². The molecule has 4 rings (SSSR count). The molecule has 1 atom stereocenters. The molecule has 1 fully saturated rings. The first kappa shape index (κ1) is 15.3. The van der Waals surface area contributed by atoms with E-state index in [2.05, 4.69) is 16.2 Å². The maximum absolute atomic E-state index is 9.54. The summed E-state index contributed by atoms with van der Waals surface area (Å²) in [6.45, 7) is 1.50. The number of phenolic OH excluding ortho intramolecular Hbond substituents is 1. The highest BCUT2D eigenvalue weighted by molar-refractivity contribution is 5.90. The fraction of sp³-hybridized carbons (Fsp3) is 0.278. The van der Waals surface area contributed by atoms with Crippen molar-refractivity contribution in [2.24, 2.45) is 0 Å². The molecule has 0 bridgehead atoms. The second-order valence-electron chi connectivity index (χ2n) is 6.31. The van der Waals surface area contributed by atoms with E-state index in [0.717, 1.165) is 41.7 Å². The van der Waals surface area contributed by atoms with Crippen LogP contribution in [0.4, 0.5) is 5.82 Å². The highest BCUT2D eigenvalue weighted by Crippen LogP contribution is 2.35.